The van der Waals surface area contributed by atoms with E-state index in [-0.39, 0.29) is 0 Å². The van der Waals surface area contributed by atoms with Gasteiger partial charge in [0, 0.05) is 12.3 Å². The Hall–Kier alpha value is -1.62. The van der Waals surface area contributed by atoms with Gasteiger partial charge in [0.1, 0.15) is 6.61 Å². The molecule has 1 aliphatic heterocycles. The van der Waals surface area contributed by atoms with Gasteiger partial charge in [0.2, 0.25) is 5.95 Å². The fraction of sp³-hybridized carbons (Fsp3) is 0.600. The molecule has 0 bridgehead atoms. The largest absolute Gasteiger partial charge is 0.390 e. The van der Waals surface area contributed by atoms with Crippen molar-refractivity contribution in [1.29, 1.82) is 0 Å². The number of anilines is 1. The first-order valence-corrected chi connectivity index (χ1v) is 5.60. The van der Waals surface area contributed by atoms with Gasteiger partial charge in [-0.3, -0.25) is 14.6 Å². The highest BCUT2D eigenvalue weighted by molar-refractivity contribution is 5.23. The van der Waals surface area contributed by atoms with Crippen LogP contribution in [-0.4, -0.2) is 49.2 Å². The SMILES string of the molecule is C[C@]1(F)[C@H](n2ccc(=O)nc2NO)O[C@](F)(CO)[C@H]1O. The molecule has 1 aromatic heterocycles. The molecule has 0 unspecified atom stereocenters. The average Bonchev–Trinajstić information content (AvgIpc) is 2.60. The summed E-state index contributed by atoms with van der Waals surface area (Å²) in [4.78, 5) is 14.4. The third-order valence-corrected chi connectivity index (χ3v) is 3.14. The summed E-state index contributed by atoms with van der Waals surface area (Å²) in [5, 5.41) is 27.4. The van der Waals surface area contributed by atoms with Crippen LogP contribution in [0.4, 0.5) is 14.7 Å². The first-order chi connectivity index (χ1) is 9.26. The number of rotatable bonds is 3. The van der Waals surface area contributed by atoms with E-state index in [1.807, 2.05) is 0 Å². The van der Waals surface area contributed by atoms with Crippen LogP contribution in [0.3, 0.4) is 0 Å². The Kier molecular flexibility index (Phi) is 3.50. The van der Waals surface area contributed by atoms with Crippen LogP contribution in [-0.2, 0) is 4.74 Å². The highest BCUT2D eigenvalue weighted by Crippen LogP contribution is 2.47. The predicted molar refractivity (Wildman–Crippen MR) is 60.5 cm³/mol. The van der Waals surface area contributed by atoms with Crippen molar-refractivity contribution < 1.29 is 28.9 Å². The molecule has 0 spiro atoms. The van der Waals surface area contributed by atoms with E-state index >= 15 is 0 Å². The van der Waals surface area contributed by atoms with Crippen LogP contribution in [0.1, 0.15) is 13.2 Å². The topological polar surface area (TPSA) is 117 Å². The second-order valence-corrected chi connectivity index (χ2v) is 4.58. The van der Waals surface area contributed by atoms with Crippen LogP contribution in [0.2, 0.25) is 0 Å². The van der Waals surface area contributed by atoms with Crippen molar-refractivity contribution in [3.05, 3.63) is 22.6 Å². The summed E-state index contributed by atoms with van der Waals surface area (Å²) in [7, 11) is 0. The molecule has 0 amide bonds. The molecule has 1 aliphatic rings. The zero-order valence-corrected chi connectivity index (χ0v) is 10.3. The summed E-state index contributed by atoms with van der Waals surface area (Å²) in [5.41, 5.74) is -1.82. The number of ether oxygens (including phenoxy) is 1. The molecular formula is C10H13F2N3O5. The summed E-state index contributed by atoms with van der Waals surface area (Å²) in [5.74, 6) is -3.51. The molecule has 1 fully saturated rings. The van der Waals surface area contributed by atoms with Gasteiger partial charge in [0.15, 0.2) is 18.0 Å². The van der Waals surface area contributed by atoms with Crippen molar-refractivity contribution in [1.82, 2.24) is 9.55 Å². The van der Waals surface area contributed by atoms with E-state index in [2.05, 4.69) is 4.98 Å². The molecular weight excluding hydrogens is 280 g/mol. The van der Waals surface area contributed by atoms with Crippen molar-refractivity contribution in [2.45, 2.75) is 30.8 Å². The number of nitrogens with zero attached hydrogens (tertiary/aromatic N) is 2. The minimum Gasteiger partial charge on any atom is -0.390 e. The quantitative estimate of drug-likeness (QED) is 0.545. The molecule has 2 heterocycles. The number of hydrogen-bond donors (Lipinski definition) is 4. The molecule has 1 aromatic rings. The smallest absolute Gasteiger partial charge is 0.274 e. The maximum absolute atomic E-state index is 14.5. The third-order valence-electron chi connectivity index (χ3n) is 3.14. The zero-order chi connectivity index (χ0) is 15.1. The number of aliphatic hydroxyl groups excluding tert-OH is 2. The van der Waals surface area contributed by atoms with Crippen LogP contribution in [0.15, 0.2) is 17.1 Å². The van der Waals surface area contributed by atoms with Gasteiger partial charge in [-0.1, -0.05) is 0 Å². The van der Waals surface area contributed by atoms with Crippen LogP contribution >= 0.6 is 0 Å². The second-order valence-electron chi connectivity index (χ2n) is 4.58. The van der Waals surface area contributed by atoms with Gasteiger partial charge in [0.25, 0.3) is 11.4 Å². The predicted octanol–water partition coefficient (Wildman–Crippen LogP) is -0.680. The van der Waals surface area contributed by atoms with Crippen molar-refractivity contribution in [2.24, 2.45) is 0 Å². The molecule has 112 valence electrons. The lowest BCUT2D eigenvalue weighted by molar-refractivity contribution is -0.206. The van der Waals surface area contributed by atoms with Gasteiger partial charge in [-0.25, -0.2) is 14.3 Å². The van der Waals surface area contributed by atoms with Crippen molar-refractivity contribution in [3.63, 3.8) is 0 Å². The molecule has 0 radical (unpaired) electrons. The summed E-state index contributed by atoms with van der Waals surface area (Å²) in [6, 6.07) is 0.934. The molecule has 0 saturated carbocycles. The minimum atomic E-state index is -3.01. The van der Waals surface area contributed by atoms with E-state index in [9.17, 15) is 18.7 Å². The minimum absolute atomic E-state index is 0.499. The molecule has 4 N–H and O–H groups in total. The first kappa shape index (κ1) is 14.8. The fourth-order valence-corrected chi connectivity index (χ4v) is 2.06. The summed E-state index contributed by atoms with van der Waals surface area (Å²) < 4.78 is 34.0. The molecule has 4 atom stereocenters. The molecule has 0 aliphatic carbocycles. The van der Waals surface area contributed by atoms with E-state index < -0.39 is 42.0 Å². The average molecular weight is 293 g/mol. The molecule has 0 aromatic carbocycles. The standard InChI is InChI=1S/C10H13F2N3O5/c1-9(11)6(18)10(12,4-16)20-7(9)15-3-2-5(17)13-8(15)14-19/h2-3,6-7,16,18-19H,4H2,1H3,(H,13,14,17)/t6-,7+,9+,10+/m0/s1. The lowest BCUT2D eigenvalue weighted by Gasteiger charge is -2.26. The van der Waals surface area contributed by atoms with Crippen LogP contribution in [0.25, 0.3) is 0 Å². The third kappa shape index (κ3) is 2.06. The molecule has 8 nitrogen and oxygen atoms in total. The summed E-state index contributed by atoms with van der Waals surface area (Å²) in [6.07, 6.45) is -3.01. The zero-order valence-electron chi connectivity index (χ0n) is 10.3. The molecule has 1 saturated heterocycles. The van der Waals surface area contributed by atoms with Crippen molar-refractivity contribution >= 4 is 5.95 Å². The lowest BCUT2D eigenvalue weighted by atomic mass is 9.97. The van der Waals surface area contributed by atoms with E-state index in [0.29, 0.717) is 0 Å². The van der Waals surface area contributed by atoms with E-state index in [0.717, 1.165) is 23.8 Å². The number of aromatic nitrogens is 2. The Morgan fingerprint density at radius 3 is 2.75 bits per heavy atom. The second kappa shape index (κ2) is 4.74. The van der Waals surface area contributed by atoms with Crippen LogP contribution in [0.5, 0.6) is 0 Å². The highest BCUT2D eigenvalue weighted by atomic mass is 19.2. The Morgan fingerprint density at radius 2 is 2.25 bits per heavy atom. The summed E-state index contributed by atoms with van der Waals surface area (Å²) in [6.45, 7) is -0.404. The Morgan fingerprint density at radius 1 is 1.60 bits per heavy atom. The van der Waals surface area contributed by atoms with Crippen molar-refractivity contribution in [2.75, 3.05) is 12.1 Å². The normalized spacial score (nSPS) is 37.1. The van der Waals surface area contributed by atoms with Gasteiger partial charge < -0.3 is 14.9 Å². The monoisotopic (exact) mass is 293 g/mol. The number of alkyl halides is 2. The molecule has 2 rings (SSSR count). The van der Waals surface area contributed by atoms with Crippen molar-refractivity contribution in [3.8, 4) is 0 Å². The van der Waals surface area contributed by atoms with Gasteiger partial charge >= 0.3 is 0 Å². The van der Waals surface area contributed by atoms with Crippen LogP contribution in [0, 0.1) is 0 Å². The van der Waals surface area contributed by atoms with E-state index in [1.54, 1.807) is 5.48 Å². The first-order valence-electron chi connectivity index (χ1n) is 5.60. The number of nitrogens with one attached hydrogen (secondary N) is 1. The van der Waals surface area contributed by atoms with E-state index in [4.69, 9.17) is 15.1 Å². The Labute approximate surface area is 111 Å². The fourth-order valence-electron chi connectivity index (χ4n) is 2.06. The number of hydrogen-bond acceptors (Lipinski definition) is 7. The van der Waals surface area contributed by atoms with Gasteiger partial charge in [-0.05, 0) is 6.92 Å². The Balaban J connectivity index is 2.51. The molecule has 10 heteroatoms. The number of aliphatic hydroxyl groups is 2. The highest BCUT2D eigenvalue weighted by Gasteiger charge is 2.64. The number of halogens is 2. The van der Waals surface area contributed by atoms with E-state index in [1.165, 1.54) is 0 Å². The van der Waals surface area contributed by atoms with Gasteiger partial charge in [-0.2, -0.15) is 4.98 Å². The lowest BCUT2D eigenvalue weighted by Crippen LogP contribution is -2.46. The maximum Gasteiger partial charge on any atom is 0.274 e. The van der Waals surface area contributed by atoms with Gasteiger partial charge in [0.05, 0.1) is 0 Å². The Bertz CT molecular complexity index is 566. The van der Waals surface area contributed by atoms with Crippen LogP contribution < -0.4 is 11.0 Å². The maximum atomic E-state index is 14.5. The summed E-state index contributed by atoms with van der Waals surface area (Å²) >= 11 is 0. The molecule has 20 heavy (non-hydrogen) atoms. The van der Waals surface area contributed by atoms with Gasteiger partial charge in [-0.15, -0.1) is 0 Å².